The van der Waals surface area contributed by atoms with Gasteiger partial charge in [0.1, 0.15) is 12.4 Å². The summed E-state index contributed by atoms with van der Waals surface area (Å²) in [4.78, 5) is 29.2. The molecule has 0 unspecified atom stereocenters. The minimum absolute atomic E-state index is 0.0724. The van der Waals surface area contributed by atoms with Crippen molar-refractivity contribution in [2.45, 2.75) is 26.4 Å². The zero-order chi connectivity index (χ0) is 21.8. The first-order chi connectivity index (χ1) is 15.0. The third-order valence-electron chi connectivity index (χ3n) is 5.41. The molecule has 2 aromatic rings. The lowest BCUT2D eigenvalue weighted by molar-refractivity contribution is -0.142. The molecule has 2 aliphatic rings. The molecule has 9 heteroatoms. The lowest BCUT2D eigenvalue weighted by Gasteiger charge is -2.38. The Balaban J connectivity index is 1.22. The fraction of sp³-hybridized carbons (Fsp3) is 0.455. The molecule has 0 N–H and O–H groups in total. The van der Waals surface area contributed by atoms with Crippen molar-refractivity contribution < 1.29 is 18.8 Å². The molecule has 2 aliphatic heterocycles. The zero-order valence-corrected chi connectivity index (χ0v) is 17.8. The Kier molecular flexibility index (Phi) is 6.41. The number of likely N-dealkylation sites (tertiary alicyclic amines) is 1. The lowest BCUT2D eigenvalue weighted by atomic mass is 10.0. The van der Waals surface area contributed by atoms with Gasteiger partial charge in [-0.3, -0.25) is 9.69 Å². The van der Waals surface area contributed by atoms with Gasteiger partial charge in [0.15, 0.2) is 6.10 Å². The van der Waals surface area contributed by atoms with E-state index in [1.54, 1.807) is 24.5 Å². The Morgan fingerprint density at radius 2 is 2.00 bits per heavy atom. The van der Waals surface area contributed by atoms with E-state index in [-0.39, 0.29) is 17.9 Å². The summed E-state index contributed by atoms with van der Waals surface area (Å²) < 4.78 is 19.5. The highest BCUT2D eigenvalue weighted by molar-refractivity contribution is 5.98. The molecule has 3 heterocycles. The highest BCUT2D eigenvalue weighted by atomic mass is 19.1. The van der Waals surface area contributed by atoms with Gasteiger partial charge < -0.3 is 14.5 Å². The number of halogens is 1. The summed E-state index contributed by atoms with van der Waals surface area (Å²) in [6.45, 7) is 7.24. The van der Waals surface area contributed by atoms with E-state index in [2.05, 4.69) is 20.0 Å². The van der Waals surface area contributed by atoms with Crippen molar-refractivity contribution in [2.24, 2.45) is 5.16 Å². The molecule has 0 aliphatic carbocycles. The van der Waals surface area contributed by atoms with Crippen LogP contribution in [0.2, 0.25) is 0 Å². The molecule has 2 saturated heterocycles. The van der Waals surface area contributed by atoms with Gasteiger partial charge in [0.25, 0.3) is 0 Å². The third kappa shape index (κ3) is 4.99. The summed E-state index contributed by atoms with van der Waals surface area (Å²) in [6, 6.07) is 5.39. The number of benzene rings is 1. The van der Waals surface area contributed by atoms with Gasteiger partial charge in [-0.05, 0) is 12.0 Å². The Bertz CT molecular complexity index is 952. The summed E-state index contributed by atoms with van der Waals surface area (Å²) in [5.41, 5.74) is 2.81. The summed E-state index contributed by atoms with van der Waals surface area (Å²) in [7, 11) is 0. The molecule has 0 radical (unpaired) electrons. The Morgan fingerprint density at radius 1 is 1.26 bits per heavy atom. The molecule has 0 spiro atoms. The van der Waals surface area contributed by atoms with Crippen molar-refractivity contribution in [1.82, 2.24) is 14.9 Å². The summed E-state index contributed by atoms with van der Waals surface area (Å²) in [5.74, 6) is 0.124. The van der Waals surface area contributed by atoms with Gasteiger partial charge in [-0.2, -0.15) is 0 Å². The predicted octanol–water partition coefficient (Wildman–Crippen LogP) is 2.29. The Labute approximate surface area is 180 Å². The van der Waals surface area contributed by atoms with Gasteiger partial charge in [0.05, 0.1) is 18.8 Å². The number of carbonyl (C=O) groups excluding carboxylic acids is 1. The Morgan fingerprint density at radius 3 is 2.68 bits per heavy atom. The van der Waals surface area contributed by atoms with E-state index in [0.717, 1.165) is 18.8 Å². The molecular formula is C22H26FN5O3. The van der Waals surface area contributed by atoms with E-state index in [0.29, 0.717) is 55.3 Å². The minimum Gasteiger partial charge on any atom is -0.465 e. The maximum absolute atomic E-state index is 14.5. The number of esters is 1. The molecule has 0 bridgehead atoms. The highest BCUT2D eigenvalue weighted by Crippen LogP contribution is 2.25. The number of aryl methyl sites for hydroxylation is 1. The number of carbonyl (C=O) groups is 1. The van der Waals surface area contributed by atoms with Crippen LogP contribution in [0.3, 0.4) is 0 Å². The van der Waals surface area contributed by atoms with Crippen molar-refractivity contribution in [3.63, 3.8) is 0 Å². The van der Waals surface area contributed by atoms with E-state index >= 15 is 0 Å². The largest absolute Gasteiger partial charge is 0.465 e. The van der Waals surface area contributed by atoms with Crippen LogP contribution in [0, 0.1) is 5.82 Å². The molecule has 31 heavy (non-hydrogen) atoms. The smallest absolute Gasteiger partial charge is 0.302 e. The van der Waals surface area contributed by atoms with Crippen LogP contribution in [0.5, 0.6) is 0 Å². The zero-order valence-electron chi connectivity index (χ0n) is 17.8. The first kappa shape index (κ1) is 21.2. The van der Waals surface area contributed by atoms with Crippen LogP contribution < -0.4 is 4.90 Å². The average molecular weight is 427 g/mol. The lowest BCUT2D eigenvalue weighted by Crippen LogP contribution is -2.53. The van der Waals surface area contributed by atoms with Crippen LogP contribution in [-0.4, -0.2) is 72.0 Å². The molecule has 8 nitrogen and oxygen atoms in total. The van der Waals surface area contributed by atoms with E-state index < -0.39 is 0 Å². The number of oxime groups is 1. The summed E-state index contributed by atoms with van der Waals surface area (Å²) >= 11 is 0. The minimum atomic E-state index is -0.259. The quantitative estimate of drug-likeness (QED) is 0.472. The Hall–Kier alpha value is -3.07. The van der Waals surface area contributed by atoms with Crippen molar-refractivity contribution in [2.75, 3.05) is 44.2 Å². The van der Waals surface area contributed by atoms with Crippen LogP contribution in [-0.2, 0) is 20.8 Å². The van der Waals surface area contributed by atoms with Gasteiger partial charge in [-0.15, -0.1) is 0 Å². The second-order valence-electron chi connectivity index (χ2n) is 7.74. The summed E-state index contributed by atoms with van der Waals surface area (Å²) in [5, 5.41) is 4.22. The second-order valence-corrected chi connectivity index (χ2v) is 7.74. The number of rotatable bonds is 8. The number of nitrogens with zero attached hydrogens (tertiary/aromatic N) is 5. The van der Waals surface area contributed by atoms with Crippen molar-refractivity contribution in [3.05, 3.63) is 42.0 Å². The second kappa shape index (κ2) is 9.38. The van der Waals surface area contributed by atoms with E-state index in [4.69, 9.17) is 9.57 Å². The van der Waals surface area contributed by atoms with E-state index in [1.807, 2.05) is 17.9 Å². The number of hydrogen-bond donors (Lipinski definition) is 0. The molecule has 2 fully saturated rings. The van der Waals surface area contributed by atoms with Crippen molar-refractivity contribution >= 4 is 17.6 Å². The summed E-state index contributed by atoms with van der Waals surface area (Å²) in [6.07, 6.45) is 4.03. The van der Waals surface area contributed by atoms with Crippen molar-refractivity contribution in [3.8, 4) is 11.1 Å². The predicted molar refractivity (Wildman–Crippen MR) is 114 cm³/mol. The van der Waals surface area contributed by atoms with Crippen LogP contribution >= 0.6 is 0 Å². The topological polar surface area (TPSA) is 80.1 Å². The molecule has 164 valence electrons. The van der Waals surface area contributed by atoms with Gasteiger partial charge in [-0.1, -0.05) is 30.3 Å². The first-order valence-electron chi connectivity index (χ1n) is 10.5. The van der Waals surface area contributed by atoms with Gasteiger partial charge in [0, 0.05) is 50.1 Å². The highest BCUT2D eigenvalue weighted by Gasteiger charge is 2.30. The number of aromatic nitrogens is 2. The van der Waals surface area contributed by atoms with Gasteiger partial charge in [-0.25, -0.2) is 14.4 Å². The number of ether oxygens (including phenoxy) is 1. The van der Waals surface area contributed by atoms with Gasteiger partial charge >= 0.3 is 5.97 Å². The molecule has 0 saturated carbocycles. The molecule has 4 rings (SSSR count). The SMILES string of the molecule is CCc1cccc(-c2cnc(N3CC(=NOC4CN(CCOC(C)=O)C4)C3)nc2)c1F. The molecule has 0 atom stereocenters. The maximum Gasteiger partial charge on any atom is 0.302 e. The third-order valence-corrected chi connectivity index (χ3v) is 5.41. The van der Waals surface area contributed by atoms with Crippen molar-refractivity contribution in [1.29, 1.82) is 0 Å². The van der Waals surface area contributed by atoms with E-state index in [1.165, 1.54) is 6.92 Å². The monoisotopic (exact) mass is 427 g/mol. The molecular weight excluding hydrogens is 401 g/mol. The van der Waals surface area contributed by atoms with Crippen LogP contribution in [0.25, 0.3) is 11.1 Å². The fourth-order valence-electron chi connectivity index (χ4n) is 3.53. The molecule has 0 amide bonds. The maximum atomic E-state index is 14.5. The van der Waals surface area contributed by atoms with Crippen LogP contribution in [0.4, 0.5) is 10.3 Å². The number of hydrogen-bond acceptors (Lipinski definition) is 8. The first-order valence-corrected chi connectivity index (χ1v) is 10.5. The normalized spacial score (nSPS) is 16.5. The van der Waals surface area contributed by atoms with Gasteiger partial charge in [0.2, 0.25) is 5.95 Å². The molecule has 1 aromatic heterocycles. The fourth-order valence-corrected chi connectivity index (χ4v) is 3.53. The number of anilines is 1. The van der Waals surface area contributed by atoms with Crippen LogP contribution in [0.1, 0.15) is 19.4 Å². The van der Waals surface area contributed by atoms with E-state index in [9.17, 15) is 9.18 Å². The standard InChI is InChI=1S/C22H26FN5O3/c1-3-16-5-4-6-20(21(16)23)17-9-24-22(25-10-17)28-11-18(12-28)26-31-19-13-27(14-19)7-8-30-15(2)29/h4-6,9-10,19H,3,7-8,11-14H2,1-2H3. The average Bonchev–Trinajstić information content (AvgIpc) is 2.70. The van der Waals surface area contributed by atoms with Crippen LogP contribution in [0.15, 0.2) is 35.7 Å². The molecule has 1 aromatic carbocycles.